The Hall–Kier alpha value is -1.90. The van der Waals surface area contributed by atoms with Crippen LogP contribution >= 0.6 is 11.3 Å². The molecule has 3 rings (SSSR count). The number of carboxylic acid groups (broad SMARTS) is 1. The van der Waals surface area contributed by atoms with Gasteiger partial charge in [0.1, 0.15) is 4.88 Å². The molecule has 0 bridgehead atoms. The summed E-state index contributed by atoms with van der Waals surface area (Å²) in [5, 5.41) is 10.3. The number of aromatic carboxylic acids is 1. The number of piperazine rings is 1. The van der Waals surface area contributed by atoms with Gasteiger partial charge in [-0.1, -0.05) is 18.2 Å². The molecule has 1 aromatic heterocycles. The molecule has 0 unspecified atom stereocenters. The van der Waals surface area contributed by atoms with Crippen LogP contribution < -0.4 is 4.90 Å². The van der Waals surface area contributed by atoms with Gasteiger partial charge in [-0.25, -0.2) is 13.2 Å². The average Bonchev–Trinajstić information content (AvgIpc) is 3.07. The minimum atomic E-state index is -3.63. The molecule has 6 nitrogen and oxygen atoms in total. The predicted octanol–water partition coefficient (Wildman–Crippen LogP) is 1.96. The van der Waals surface area contributed by atoms with Gasteiger partial charge in [0, 0.05) is 37.2 Å². The van der Waals surface area contributed by atoms with Crippen molar-refractivity contribution in [2.45, 2.75) is 4.90 Å². The number of nitrogens with zero attached hydrogens (tertiary/aromatic N) is 2. The molecule has 1 fully saturated rings. The molecule has 0 saturated carbocycles. The van der Waals surface area contributed by atoms with Crippen molar-refractivity contribution in [3.63, 3.8) is 0 Å². The van der Waals surface area contributed by atoms with Gasteiger partial charge in [0.05, 0.1) is 4.90 Å². The van der Waals surface area contributed by atoms with Gasteiger partial charge in [0.15, 0.2) is 0 Å². The summed E-state index contributed by atoms with van der Waals surface area (Å²) in [5.41, 5.74) is 1.08. The zero-order valence-electron chi connectivity index (χ0n) is 12.3. The van der Waals surface area contributed by atoms with Gasteiger partial charge in [0.25, 0.3) is 0 Å². The van der Waals surface area contributed by atoms with Crippen LogP contribution in [0.5, 0.6) is 0 Å². The van der Waals surface area contributed by atoms with E-state index in [9.17, 15) is 13.2 Å². The monoisotopic (exact) mass is 352 g/mol. The van der Waals surface area contributed by atoms with Crippen LogP contribution in [0.4, 0.5) is 5.69 Å². The van der Waals surface area contributed by atoms with Crippen molar-refractivity contribution in [1.29, 1.82) is 0 Å². The highest BCUT2D eigenvalue weighted by atomic mass is 32.2. The van der Waals surface area contributed by atoms with Crippen LogP contribution in [0.3, 0.4) is 0 Å². The smallest absolute Gasteiger partial charge is 0.345 e. The van der Waals surface area contributed by atoms with Crippen molar-refractivity contribution in [2.75, 3.05) is 31.1 Å². The molecule has 0 amide bonds. The Balaban J connectivity index is 1.72. The van der Waals surface area contributed by atoms with Gasteiger partial charge in [-0.2, -0.15) is 4.31 Å². The van der Waals surface area contributed by atoms with Crippen molar-refractivity contribution < 1.29 is 18.3 Å². The minimum absolute atomic E-state index is 0.0338. The molecule has 1 aromatic carbocycles. The Morgan fingerprint density at radius 2 is 1.74 bits per heavy atom. The lowest BCUT2D eigenvalue weighted by atomic mass is 10.2. The number of rotatable bonds is 4. The number of benzene rings is 1. The van der Waals surface area contributed by atoms with Gasteiger partial charge in [-0.05, 0) is 18.2 Å². The summed E-state index contributed by atoms with van der Waals surface area (Å²) in [4.78, 5) is 13.2. The van der Waals surface area contributed by atoms with Crippen molar-refractivity contribution in [2.24, 2.45) is 0 Å². The van der Waals surface area contributed by atoms with E-state index in [1.165, 1.54) is 15.8 Å². The summed E-state index contributed by atoms with van der Waals surface area (Å²) in [5.74, 6) is -1.11. The Morgan fingerprint density at radius 1 is 1.09 bits per heavy atom. The van der Waals surface area contributed by atoms with Gasteiger partial charge in [-0.3, -0.25) is 0 Å². The molecule has 122 valence electrons. The molecule has 0 radical (unpaired) electrons. The number of hydrogen-bond acceptors (Lipinski definition) is 5. The van der Waals surface area contributed by atoms with Crippen LogP contribution in [-0.4, -0.2) is 50.0 Å². The largest absolute Gasteiger partial charge is 0.477 e. The highest BCUT2D eigenvalue weighted by Crippen LogP contribution is 2.24. The maximum atomic E-state index is 12.6. The van der Waals surface area contributed by atoms with Gasteiger partial charge >= 0.3 is 5.97 Å². The zero-order chi connectivity index (χ0) is 16.4. The molecule has 1 saturated heterocycles. The molecule has 0 atom stereocenters. The fourth-order valence-corrected chi connectivity index (χ4v) is 5.06. The highest BCUT2D eigenvalue weighted by molar-refractivity contribution is 7.89. The van der Waals surface area contributed by atoms with E-state index in [-0.39, 0.29) is 9.77 Å². The Bertz CT molecular complexity index is 794. The first-order valence-corrected chi connectivity index (χ1v) is 9.42. The first kappa shape index (κ1) is 16.0. The Kier molecular flexibility index (Phi) is 4.38. The number of thiophene rings is 1. The summed E-state index contributed by atoms with van der Waals surface area (Å²) in [6, 6.07) is 11.1. The summed E-state index contributed by atoms with van der Waals surface area (Å²) in [7, 11) is -3.63. The average molecular weight is 352 g/mol. The highest BCUT2D eigenvalue weighted by Gasteiger charge is 2.29. The van der Waals surface area contributed by atoms with Crippen molar-refractivity contribution in [3.05, 3.63) is 46.7 Å². The second-order valence-corrected chi connectivity index (χ2v) is 8.03. The van der Waals surface area contributed by atoms with Gasteiger partial charge < -0.3 is 10.0 Å². The standard InChI is InChI=1S/C15H16N2O4S2/c18-15(19)14-10-13(11-22-14)23(20,21)17-8-6-16(7-9-17)12-4-2-1-3-5-12/h1-5,10-11H,6-9H2,(H,18,19). The third-order valence-corrected chi connectivity index (χ3v) is 6.73. The summed E-state index contributed by atoms with van der Waals surface area (Å²) in [6.45, 7) is 1.99. The molecule has 2 heterocycles. The molecule has 23 heavy (non-hydrogen) atoms. The number of para-hydroxylation sites is 1. The van der Waals surface area contributed by atoms with E-state index in [4.69, 9.17) is 5.11 Å². The van der Waals surface area contributed by atoms with Crippen molar-refractivity contribution in [1.82, 2.24) is 4.31 Å². The third kappa shape index (κ3) is 3.24. The number of hydrogen-bond donors (Lipinski definition) is 1. The summed E-state index contributed by atoms with van der Waals surface area (Å²) >= 11 is 0.930. The van der Waals surface area contributed by atoms with E-state index in [1.54, 1.807) is 0 Å². The molecule has 8 heteroatoms. The first-order valence-electron chi connectivity index (χ1n) is 7.10. The topological polar surface area (TPSA) is 77.9 Å². The van der Waals surface area contributed by atoms with Gasteiger partial charge in [-0.15, -0.1) is 11.3 Å². The fourth-order valence-electron chi connectivity index (χ4n) is 2.54. The predicted molar refractivity (Wildman–Crippen MR) is 88.7 cm³/mol. The lowest BCUT2D eigenvalue weighted by molar-refractivity contribution is 0.0702. The van der Waals surface area contributed by atoms with Crippen LogP contribution in [0.15, 0.2) is 46.7 Å². The number of sulfonamides is 1. The fraction of sp³-hybridized carbons (Fsp3) is 0.267. The van der Waals surface area contributed by atoms with E-state index >= 15 is 0 Å². The summed E-state index contributed by atoms with van der Waals surface area (Å²) in [6.07, 6.45) is 0. The lowest BCUT2D eigenvalue weighted by Crippen LogP contribution is -2.48. The lowest BCUT2D eigenvalue weighted by Gasteiger charge is -2.35. The maximum Gasteiger partial charge on any atom is 0.345 e. The van der Waals surface area contributed by atoms with Crippen molar-refractivity contribution >= 4 is 33.0 Å². The van der Waals surface area contributed by atoms with Crippen LogP contribution in [0.2, 0.25) is 0 Å². The van der Waals surface area contributed by atoms with E-state index in [2.05, 4.69) is 4.90 Å². The molecule has 1 N–H and O–H groups in total. The normalized spacial score (nSPS) is 16.4. The van der Waals surface area contributed by atoms with Gasteiger partial charge in [0.2, 0.25) is 10.0 Å². The van der Waals surface area contributed by atoms with E-state index < -0.39 is 16.0 Å². The second kappa shape index (κ2) is 6.31. The molecule has 1 aliphatic rings. The minimum Gasteiger partial charge on any atom is -0.477 e. The van der Waals surface area contributed by atoms with Crippen LogP contribution in [0.25, 0.3) is 0 Å². The number of carboxylic acids is 1. The SMILES string of the molecule is O=C(O)c1cc(S(=O)(=O)N2CCN(c3ccccc3)CC2)cs1. The molecule has 0 aliphatic carbocycles. The Morgan fingerprint density at radius 3 is 2.30 bits per heavy atom. The molecule has 0 spiro atoms. The number of carbonyl (C=O) groups is 1. The molecular formula is C15H16N2O4S2. The zero-order valence-corrected chi connectivity index (χ0v) is 13.9. The second-order valence-electron chi connectivity index (χ2n) is 5.18. The van der Waals surface area contributed by atoms with Crippen LogP contribution in [0, 0.1) is 0 Å². The van der Waals surface area contributed by atoms with Crippen LogP contribution in [0.1, 0.15) is 9.67 Å². The van der Waals surface area contributed by atoms with Crippen LogP contribution in [-0.2, 0) is 10.0 Å². The molecule has 2 aromatic rings. The molecular weight excluding hydrogens is 336 g/mol. The summed E-state index contributed by atoms with van der Waals surface area (Å²) < 4.78 is 26.6. The number of anilines is 1. The van der Waals surface area contributed by atoms with E-state index in [1.807, 2.05) is 30.3 Å². The van der Waals surface area contributed by atoms with E-state index in [0.29, 0.717) is 26.2 Å². The Labute approximate surface area is 138 Å². The third-order valence-electron chi connectivity index (χ3n) is 3.78. The quantitative estimate of drug-likeness (QED) is 0.910. The van der Waals surface area contributed by atoms with E-state index in [0.717, 1.165) is 17.0 Å². The maximum absolute atomic E-state index is 12.6. The van der Waals surface area contributed by atoms with Crippen molar-refractivity contribution in [3.8, 4) is 0 Å². The first-order chi connectivity index (χ1) is 11.0. The molecule has 1 aliphatic heterocycles.